The first kappa shape index (κ1) is 13.0. The lowest BCUT2D eigenvalue weighted by atomic mass is 10.1. The van der Waals surface area contributed by atoms with Gasteiger partial charge >= 0.3 is 5.97 Å². The van der Waals surface area contributed by atoms with Crippen molar-refractivity contribution in [2.24, 2.45) is 5.92 Å². The number of rotatable bonds is 3. The topological polar surface area (TPSA) is 66.8 Å². The lowest BCUT2D eigenvalue weighted by molar-refractivity contribution is -0.154. The van der Waals surface area contributed by atoms with Gasteiger partial charge in [0.05, 0.1) is 13.2 Å². The molecule has 2 unspecified atom stereocenters. The summed E-state index contributed by atoms with van der Waals surface area (Å²) in [7, 11) is 0. The van der Waals surface area contributed by atoms with E-state index in [0.717, 1.165) is 5.56 Å². The summed E-state index contributed by atoms with van der Waals surface area (Å²) in [6.45, 7) is 2.74. The van der Waals surface area contributed by atoms with Crippen molar-refractivity contribution in [3.63, 3.8) is 0 Å². The van der Waals surface area contributed by atoms with E-state index < -0.39 is 11.9 Å². The summed E-state index contributed by atoms with van der Waals surface area (Å²) in [4.78, 5) is 24.3. The highest BCUT2D eigenvalue weighted by Gasteiger charge is 2.31. The molecule has 2 atom stereocenters. The van der Waals surface area contributed by atoms with E-state index in [-0.39, 0.29) is 12.0 Å². The molecule has 0 aliphatic carbocycles. The number of carbonyl (C=O) groups is 2. The zero-order valence-electron chi connectivity index (χ0n) is 10.0. The number of carboxylic acid groups (broad SMARTS) is 1. The van der Waals surface area contributed by atoms with Crippen LogP contribution in [0.15, 0.2) is 16.8 Å². The average molecular weight is 269 g/mol. The maximum absolute atomic E-state index is 11.9. The Hall–Kier alpha value is -1.40. The van der Waals surface area contributed by atoms with Crippen LogP contribution in [0.4, 0.5) is 0 Å². The zero-order valence-corrected chi connectivity index (χ0v) is 10.9. The average Bonchev–Trinajstić information content (AvgIpc) is 2.91. The summed E-state index contributed by atoms with van der Waals surface area (Å²) in [5.74, 6) is -2.42. The number of nitrogens with zero attached hydrogens (tertiary/aromatic N) is 1. The number of ether oxygens (including phenoxy) is 1. The van der Waals surface area contributed by atoms with Crippen molar-refractivity contribution in [3.8, 4) is 0 Å². The number of amides is 1. The molecule has 18 heavy (non-hydrogen) atoms. The Morgan fingerprint density at radius 3 is 3.00 bits per heavy atom. The highest BCUT2D eigenvalue weighted by Crippen LogP contribution is 2.24. The third-order valence-corrected chi connectivity index (χ3v) is 3.74. The highest BCUT2D eigenvalue weighted by molar-refractivity contribution is 7.07. The monoisotopic (exact) mass is 269 g/mol. The Morgan fingerprint density at radius 2 is 2.39 bits per heavy atom. The van der Waals surface area contributed by atoms with E-state index in [1.165, 1.54) is 6.92 Å². The predicted octanol–water partition coefficient (Wildman–Crippen LogP) is 1.37. The van der Waals surface area contributed by atoms with Crippen LogP contribution in [0.25, 0.3) is 0 Å². The SMILES string of the molecule is CC(C(=O)O)C(=O)N1CCOC(c2ccsc2)C1. The largest absolute Gasteiger partial charge is 0.481 e. The molecule has 1 amide bonds. The second-order valence-corrected chi connectivity index (χ2v) is 5.04. The number of hydrogen-bond acceptors (Lipinski definition) is 4. The van der Waals surface area contributed by atoms with Crippen molar-refractivity contribution < 1.29 is 19.4 Å². The second-order valence-electron chi connectivity index (χ2n) is 4.26. The molecule has 2 heterocycles. The van der Waals surface area contributed by atoms with Crippen molar-refractivity contribution in [1.29, 1.82) is 0 Å². The molecule has 1 aromatic rings. The fourth-order valence-electron chi connectivity index (χ4n) is 1.89. The summed E-state index contributed by atoms with van der Waals surface area (Å²) in [6.07, 6.45) is -0.144. The molecule has 5 nitrogen and oxygen atoms in total. The molecule has 0 spiro atoms. The van der Waals surface area contributed by atoms with Crippen LogP contribution in [0.2, 0.25) is 0 Å². The fourth-order valence-corrected chi connectivity index (χ4v) is 2.59. The van der Waals surface area contributed by atoms with E-state index in [1.54, 1.807) is 16.2 Å². The molecule has 1 N–H and O–H groups in total. The van der Waals surface area contributed by atoms with Crippen LogP contribution in [0.1, 0.15) is 18.6 Å². The van der Waals surface area contributed by atoms with Gasteiger partial charge in [-0.1, -0.05) is 0 Å². The fraction of sp³-hybridized carbons (Fsp3) is 0.500. The van der Waals surface area contributed by atoms with E-state index in [1.807, 2.05) is 16.8 Å². The number of hydrogen-bond donors (Lipinski definition) is 1. The Labute approximate surface area is 109 Å². The minimum atomic E-state index is -1.08. The minimum Gasteiger partial charge on any atom is -0.481 e. The number of morpholine rings is 1. The van der Waals surface area contributed by atoms with Crippen molar-refractivity contribution in [1.82, 2.24) is 4.90 Å². The quantitative estimate of drug-likeness (QED) is 0.842. The molecule has 0 bridgehead atoms. The molecule has 0 aromatic carbocycles. The van der Waals surface area contributed by atoms with Crippen LogP contribution in [0.5, 0.6) is 0 Å². The van der Waals surface area contributed by atoms with Gasteiger partial charge in [-0.25, -0.2) is 0 Å². The summed E-state index contributed by atoms with van der Waals surface area (Å²) >= 11 is 1.58. The van der Waals surface area contributed by atoms with Crippen LogP contribution in [-0.2, 0) is 14.3 Å². The van der Waals surface area contributed by atoms with E-state index in [2.05, 4.69) is 0 Å². The maximum Gasteiger partial charge on any atom is 0.315 e. The van der Waals surface area contributed by atoms with Gasteiger partial charge in [0.25, 0.3) is 0 Å². The molecule has 0 saturated carbocycles. The van der Waals surface area contributed by atoms with Crippen LogP contribution < -0.4 is 0 Å². The summed E-state index contributed by atoms with van der Waals surface area (Å²) in [5, 5.41) is 12.8. The maximum atomic E-state index is 11.9. The standard InChI is InChI=1S/C12H15NO4S/c1-8(12(15)16)11(14)13-3-4-17-10(6-13)9-2-5-18-7-9/h2,5,7-8,10H,3-4,6H2,1H3,(H,15,16). The van der Waals surface area contributed by atoms with Crippen LogP contribution >= 0.6 is 11.3 Å². The first-order valence-electron chi connectivity index (χ1n) is 5.75. The van der Waals surface area contributed by atoms with E-state index in [4.69, 9.17) is 9.84 Å². The Bertz CT molecular complexity index is 431. The van der Waals surface area contributed by atoms with Crippen molar-refractivity contribution in [3.05, 3.63) is 22.4 Å². The lowest BCUT2D eigenvalue weighted by Gasteiger charge is -2.33. The second kappa shape index (κ2) is 5.49. The van der Waals surface area contributed by atoms with Crippen molar-refractivity contribution >= 4 is 23.2 Å². The van der Waals surface area contributed by atoms with Gasteiger partial charge in [0.15, 0.2) is 0 Å². The molecular formula is C12H15NO4S. The van der Waals surface area contributed by atoms with Gasteiger partial charge in [-0.3, -0.25) is 9.59 Å². The number of aliphatic carboxylic acids is 1. The minimum absolute atomic E-state index is 0.144. The predicted molar refractivity (Wildman–Crippen MR) is 66.4 cm³/mol. The number of carboxylic acids is 1. The zero-order chi connectivity index (χ0) is 13.1. The highest BCUT2D eigenvalue weighted by atomic mass is 32.1. The van der Waals surface area contributed by atoms with Crippen LogP contribution in [0, 0.1) is 5.92 Å². The Morgan fingerprint density at radius 1 is 1.61 bits per heavy atom. The van der Waals surface area contributed by atoms with Gasteiger partial charge in [0, 0.05) is 6.54 Å². The molecule has 2 rings (SSSR count). The van der Waals surface area contributed by atoms with Crippen molar-refractivity contribution in [2.45, 2.75) is 13.0 Å². The molecular weight excluding hydrogens is 254 g/mol. The van der Waals surface area contributed by atoms with Gasteiger partial charge in [0.1, 0.15) is 12.0 Å². The van der Waals surface area contributed by atoms with Gasteiger partial charge in [-0.15, -0.1) is 0 Å². The van der Waals surface area contributed by atoms with Gasteiger partial charge in [-0.05, 0) is 29.3 Å². The molecule has 1 saturated heterocycles. The van der Waals surface area contributed by atoms with Crippen LogP contribution in [-0.4, -0.2) is 41.6 Å². The molecule has 1 fully saturated rings. The molecule has 0 radical (unpaired) electrons. The van der Waals surface area contributed by atoms with Gasteiger partial charge < -0.3 is 14.7 Å². The third kappa shape index (κ3) is 2.70. The third-order valence-electron chi connectivity index (χ3n) is 3.03. The normalized spacial score (nSPS) is 21.6. The molecule has 6 heteroatoms. The molecule has 1 aliphatic rings. The van der Waals surface area contributed by atoms with E-state index >= 15 is 0 Å². The van der Waals surface area contributed by atoms with Crippen molar-refractivity contribution in [2.75, 3.05) is 19.7 Å². The van der Waals surface area contributed by atoms with E-state index in [0.29, 0.717) is 19.7 Å². The summed E-state index contributed by atoms with van der Waals surface area (Å²) in [6, 6.07) is 1.96. The Balaban J connectivity index is 2.03. The first-order valence-corrected chi connectivity index (χ1v) is 6.69. The van der Waals surface area contributed by atoms with Crippen LogP contribution in [0.3, 0.4) is 0 Å². The molecule has 1 aliphatic heterocycles. The lowest BCUT2D eigenvalue weighted by Crippen LogP contribution is -2.45. The van der Waals surface area contributed by atoms with Gasteiger partial charge in [0.2, 0.25) is 5.91 Å². The number of carbonyl (C=O) groups excluding carboxylic acids is 1. The first-order chi connectivity index (χ1) is 8.59. The summed E-state index contributed by atoms with van der Waals surface area (Å²) in [5.41, 5.74) is 1.04. The van der Waals surface area contributed by atoms with E-state index in [9.17, 15) is 9.59 Å². The summed E-state index contributed by atoms with van der Waals surface area (Å²) < 4.78 is 5.61. The molecule has 98 valence electrons. The Kier molecular flexibility index (Phi) is 3.98. The smallest absolute Gasteiger partial charge is 0.315 e. The van der Waals surface area contributed by atoms with Gasteiger partial charge in [-0.2, -0.15) is 11.3 Å². The molecule has 1 aromatic heterocycles. The number of thiophene rings is 1.